The smallest absolute Gasteiger partial charge is 0.224 e. The van der Waals surface area contributed by atoms with Crippen LogP contribution in [-0.4, -0.2) is 35.4 Å². The molecule has 1 saturated carbocycles. The Kier molecular flexibility index (Phi) is 4.30. The Morgan fingerprint density at radius 2 is 1.64 bits per heavy atom. The van der Waals surface area contributed by atoms with Crippen LogP contribution < -0.4 is 0 Å². The molecule has 0 bridgehead atoms. The summed E-state index contributed by atoms with van der Waals surface area (Å²) in [6.45, 7) is 0. The van der Waals surface area contributed by atoms with E-state index in [1.54, 1.807) is 0 Å². The van der Waals surface area contributed by atoms with Crippen molar-refractivity contribution in [1.82, 2.24) is 0 Å². The number of rotatable bonds is 4. The van der Waals surface area contributed by atoms with Crippen LogP contribution in [-0.2, 0) is 30.0 Å². The fourth-order valence-electron chi connectivity index (χ4n) is 3.05. The van der Waals surface area contributed by atoms with Crippen molar-refractivity contribution in [2.24, 2.45) is 4.99 Å². The lowest BCUT2D eigenvalue weighted by molar-refractivity contribution is 0.443. The first-order valence-electron chi connectivity index (χ1n) is 6.74. The Morgan fingerprint density at radius 1 is 1.05 bits per heavy atom. The summed E-state index contributed by atoms with van der Waals surface area (Å²) in [6.07, 6.45) is 6.02. The highest BCUT2D eigenvalue weighted by molar-refractivity contribution is 7.93. The Labute approximate surface area is 130 Å². The minimum Gasteiger partial charge on any atom is -0.224 e. The molecule has 22 heavy (non-hydrogen) atoms. The van der Waals surface area contributed by atoms with Crippen molar-refractivity contribution in [3.63, 3.8) is 0 Å². The molecule has 120 valence electrons. The first-order chi connectivity index (χ1) is 10.1. The highest BCUT2D eigenvalue weighted by Crippen LogP contribution is 2.45. The number of carbonyl (C=O) groups excluding carboxylic acids is 1. The van der Waals surface area contributed by atoms with Gasteiger partial charge in [-0.25, -0.2) is 21.6 Å². The fraction of sp³-hybridized carbons (Fsp3) is 0.500. The van der Waals surface area contributed by atoms with Gasteiger partial charge >= 0.3 is 0 Å². The number of isocyanates is 1. The predicted octanol–water partition coefficient (Wildman–Crippen LogP) is 1.60. The third-order valence-corrected chi connectivity index (χ3v) is 6.39. The molecule has 1 fully saturated rings. The summed E-state index contributed by atoms with van der Waals surface area (Å²) in [7, 11) is -7.54. The molecule has 0 amide bonds. The third-order valence-electron chi connectivity index (χ3n) is 3.94. The van der Waals surface area contributed by atoms with E-state index >= 15 is 0 Å². The van der Waals surface area contributed by atoms with Gasteiger partial charge in [-0.2, -0.15) is 4.99 Å². The predicted molar refractivity (Wildman–Crippen MR) is 80.9 cm³/mol. The lowest BCUT2D eigenvalue weighted by atomic mass is 9.89. The molecule has 0 aromatic heterocycles. The maximum atomic E-state index is 12.2. The van der Waals surface area contributed by atoms with Gasteiger partial charge in [0, 0.05) is 18.1 Å². The summed E-state index contributed by atoms with van der Waals surface area (Å²) in [5.74, 6) is 0. The van der Waals surface area contributed by atoms with Crippen LogP contribution in [0, 0.1) is 0 Å². The van der Waals surface area contributed by atoms with Gasteiger partial charge in [0.25, 0.3) is 0 Å². The van der Waals surface area contributed by atoms with Crippen LogP contribution in [0.25, 0.3) is 0 Å². The van der Waals surface area contributed by atoms with Gasteiger partial charge in [-0.15, -0.1) is 0 Å². The van der Waals surface area contributed by atoms with Crippen LogP contribution in [0.15, 0.2) is 33.0 Å². The van der Waals surface area contributed by atoms with Crippen molar-refractivity contribution in [1.29, 1.82) is 0 Å². The Bertz CT molecular complexity index is 843. The van der Waals surface area contributed by atoms with Gasteiger partial charge < -0.3 is 0 Å². The molecule has 0 spiro atoms. The van der Waals surface area contributed by atoms with Crippen LogP contribution in [0.2, 0.25) is 0 Å². The molecule has 0 unspecified atom stereocenters. The van der Waals surface area contributed by atoms with Gasteiger partial charge in [-0.05, 0) is 18.9 Å². The van der Waals surface area contributed by atoms with Crippen LogP contribution in [0.4, 0.5) is 0 Å². The largest absolute Gasteiger partial charge is 0.235 e. The minimum atomic E-state index is -3.81. The zero-order chi connectivity index (χ0) is 16.6. The second-order valence-corrected chi connectivity index (χ2v) is 9.56. The van der Waals surface area contributed by atoms with Gasteiger partial charge in [-0.1, -0.05) is 25.0 Å². The van der Waals surface area contributed by atoms with Crippen molar-refractivity contribution in [3.05, 3.63) is 23.8 Å². The van der Waals surface area contributed by atoms with Crippen LogP contribution in [0.3, 0.4) is 0 Å². The second kappa shape index (κ2) is 5.61. The summed E-state index contributed by atoms with van der Waals surface area (Å²) in [4.78, 5) is 14.2. The minimum absolute atomic E-state index is 0.250. The Balaban J connectivity index is 2.91. The van der Waals surface area contributed by atoms with E-state index in [2.05, 4.69) is 4.99 Å². The standard InChI is InChI=1S/C14H17NO5S2/c1-21(17,18)12-7-5-6-11(13(12)22(2,19)20)14(15-10-16)8-3-4-9-14/h5-7H,3-4,8-9H2,1-2H3. The molecule has 0 radical (unpaired) electrons. The number of hydrogen-bond acceptors (Lipinski definition) is 6. The summed E-state index contributed by atoms with van der Waals surface area (Å²) < 4.78 is 48.4. The van der Waals surface area contributed by atoms with E-state index in [0.29, 0.717) is 12.8 Å². The van der Waals surface area contributed by atoms with E-state index in [9.17, 15) is 21.6 Å². The molecule has 1 aliphatic carbocycles. The molecular formula is C14H17NO5S2. The first-order valence-corrected chi connectivity index (χ1v) is 10.5. The molecule has 8 heteroatoms. The molecule has 0 saturated heterocycles. The fourth-order valence-corrected chi connectivity index (χ4v) is 5.82. The third kappa shape index (κ3) is 2.99. The Hall–Kier alpha value is -1.50. The number of aliphatic imine (C=N–C) groups is 1. The van der Waals surface area contributed by atoms with Crippen molar-refractivity contribution >= 4 is 25.8 Å². The van der Waals surface area contributed by atoms with Crippen molar-refractivity contribution in [3.8, 4) is 0 Å². The number of sulfone groups is 2. The van der Waals surface area contributed by atoms with Gasteiger partial charge in [-0.3, -0.25) is 0 Å². The normalized spacial score (nSPS) is 17.9. The molecule has 1 aromatic rings. The van der Waals surface area contributed by atoms with Crippen LogP contribution in [0.1, 0.15) is 31.2 Å². The Morgan fingerprint density at radius 3 is 2.09 bits per heavy atom. The lowest BCUT2D eigenvalue weighted by Gasteiger charge is -2.26. The summed E-state index contributed by atoms with van der Waals surface area (Å²) in [5.41, 5.74) is -0.722. The van der Waals surface area contributed by atoms with Crippen molar-refractivity contribution in [2.45, 2.75) is 41.0 Å². The first kappa shape index (κ1) is 16.9. The number of nitrogens with zero attached hydrogens (tertiary/aromatic N) is 1. The molecule has 0 heterocycles. The van der Waals surface area contributed by atoms with E-state index in [1.165, 1.54) is 24.3 Å². The van der Waals surface area contributed by atoms with Crippen LogP contribution in [0.5, 0.6) is 0 Å². The SMILES string of the molecule is CS(=O)(=O)c1cccc(C2(N=C=O)CCCC2)c1S(C)(=O)=O. The molecule has 0 aliphatic heterocycles. The maximum absolute atomic E-state index is 12.2. The molecule has 0 atom stereocenters. The topological polar surface area (TPSA) is 97.7 Å². The highest BCUT2D eigenvalue weighted by atomic mass is 32.2. The zero-order valence-electron chi connectivity index (χ0n) is 12.4. The molecule has 6 nitrogen and oxygen atoms in total. The average molecular weight is 343 g/mol. The van der Waals surface area contributed by atoms with Gasteiger partial charge in [0.1, 0.15) is 0 Å². The second-order valence-electron chi connectivity index (χ2n) is 5.62. The quantitative estimate of drug-likeness (QED) is 0.611. The van der Waals surface area contributed by atoms with Crippen molar-refractivity contribution in [2.75, 3.05) is 12.5 Å². The number of benzene rings is 1. The monoisotopic (exact) mass is 343 g/mol. The summed E-state index contributed by atoms with van der Waals surface area (Å²) >= 11 is 0. The number of hydrogen-bond donors (Lipinski definition) is 0. The molecular weight excluding hydrogens is 326 g/mol. The molecule has 1 aliphatic rings. The molecule has 0 N–H and O–H groups in total. The average Bonchev–Trinajstić information content (AvgIpc) is 2.86. The van der Waals surface area contributed by atoms with Crippen LogP contribution >= 0.6 is 0 Å². The van der Waals surface area contributed by atoms with E-state index < -0.39 is 25.2 Å². The maximum Gasteiger partial charge on any atom is 0.235 e. The summed E-state index contributed by atoms with van der Waals surface area (Å²) in [6, 6.07) is 4.29. The van der Waals surface area contributed by atoms with Gasteiger partial charge in [0.15, 0.2) is 19.7 Å². The lowest BCUT2D eigenvalue weighted by Crippen LogP contribution is -2.24. The van der Waals surface area contributed by atoms with E-state index in [4.69, 9.17) is 0 Å². The summed E-state index contributed by atoms with van der Waals surface area (Å²) in [5, 5.41) is 0. The highest BCUT2D eigenvalue weighted by Gasteiger charge is 2.40. The van der Waals surface area contributed by atoms with E-state index in [-0.39, 0.29) is 15.4 Å². The van der Waals surface area contributed by atoms with E-state index in [1.807, 2.05) is 0 Å². The van der Waals surface area contributed by atoms with E-state index in [0.717, 1.165) is 25.4 Å². The molecule has 1 aromatic carbocycles. The van der Waals surface area contributed by atoms with Gasteiger partial charge in [0.05, 0.1) is 15.3 Å². The molecule has 2 rings (SSSR count). The van der Waals surface area contributed by atoms with Gasteiger partial charge in [0.2, 0.25) is 6.08 Å². The zero-order valence-corrected chi connectivity index (χ0v) is 14.0. The van der Waals surface area contributed by atoms with Crippen molar-refractivity contribution < 1.29 is 21.6 Å².